The van der Waals surface area contributed by atoms with Crippen LogP contribution < -0.4 is 46.7 Å². The molecule has 0 saturated carbocycles. The normalized spacial score (nSPS) is 10.2. The summed E-state index contributed by atoms with van der Waals surface area (Å²) in [6, 6.07) is 97.5. The van der Waals surface area contributed by atoms with Crippen LogP contribution in [0.3, 0.4) is 0 Å². The Bertz CT molecular complexity index is 1870. The van der Waals surface area contributed by atoms with E-state index in [0.717, 1.165) is 0 Å². The zero-order chi connectivity index (χ0) is 38.7. The van der Waals surface area contributed by atoms with Crippen LogP contribution >= 0.6 is 0 Å². The fraction of sp³-hybridized carbons (Fsp3) is 0. The quantitative estimate of drug-likeness (QED) is 0.118. The summed E-state index contributed by atoms with van der Waals surface area (Å²) in [6.07, 6.45) is 0. The van der Waals surface area contributed by atoms with Gasteiger partial charge in [0.05, 0.1) is 0 Å². The van der Waals surface area contributed by atoms with Crippen molar-refractivity contribution in [1.29, 1.82) is 0 Å². The molecule has 9 aromatic rings. The first-order valence-electron chi connectivity index (χ1n) is 19.4. The first-order valence-corrected chi connectivity index (χ1v) is 23.9. The molecule has 0 aliphatic heterocycles. The van der Waals surface area contributed by atoms with Gasteiger partial charge in [-0.25, -0.2) is 0 Å². The predicted octanol–water partition coefficient (Wildman–Crippen LogP) is 6.49. The Morgan fingerprint density at radius 1 is 0.153 bits per heavy atom. The molecule has 0 saturated heterocycles. The molecule has 0 unspecified atom stereocenters. The van der Waals surface area contributed by atoms with Gasteiger partial charge in [-0.1, -0.05) is 320 Å². The maximum absolute atomic E-state index is 2.24. The second-order valence-electron chi connectivity index (χ2n) is 13.4. The summed E-state index contributed by atoms with van der Waals surface area (Å²) in [6.45, 7) is 0. The smallest absolute Gasteiger partial charge is 2.00 e. The fourth-order valence-electron chi connectivity index (χ4n) is 6.94. The second kappa shape index (κ2) is 24.2. The van der Waals surface area contributed by atoms with Gasteiger partial charge in [-0.3, -0.25) is 0 Å². The van der Waals surface area contributed by atoms with Crippen LogP contribution in [0.5, 0.6) is 0 Å². The average molecular weight is 845 g/mol. The van der Waals surface area contributed by atoms with Gasteiger partial charge < -0.3 is 5.48 Å². The van der Waals surface area contributed by atoms with Gasteiger partial charge in [0.15, 0.2) is 26.4 Å². The van der Waals surface area contributed by atoms with E-state index in [-0.39, 0.29) is 24.0 Å². The average Bonchev–Trinajstić information content (AvgIpc) is 3.30. The topological polar surface area (TPSA) is 28.5 Å². The summed E-state index contributed by atoms with van der Waals surface area (Å²) in [5, 5.41) is 12.9. The largest absolute Gasteiger partial charge is 2.00 e. The van der Waals surface area contributed by atoms with Crippen molar-refractivity contribution in [2.75, 3.05) is 0 Å². The third kappa shape index (κ3) is 12.6. The van der Waals surface area contributed by atoms with Crippen molar-refractivity contribution in [2.24, 2.45) is 0 Å². The van der Waals surface area contributed by atoms with Gasteiger partial charge in [-0.15, -0.1) is 0 Å². The Kier molecular flexibility index (Phi) is 18.1. The minimum Gasteiger partial charge on any atom is -2.00 e. The Morgan fingerprint density at radius 3 is 0.322 bits per heavy atom. The van der Waals surface area contributed by atoms with Crippen LogP contribution in [0.1, 0.15) is 0 Å². The van der Waals surface area contributed by atoms with E-state index in [1.54, 1.807) is 0 Å². The molecule has 9 rings (SSSR count). The Hall–Kier alpha value is -5.82. The summed E-state index contributed by atoms with van der Waals surface area (Å²) in [5.41, 5.74) is 0. The van der Waals surface area contributed by atoms with Crippen LogP contribution in [-0.2, 0) is 24.0 Å². The monoisotopic (exact) mass is 844 g/mol. The van der Waals surface area contributed by atoms with E-state index >= 15 is 0 Å². The van der Waals surface area contributed by atoms with Crippen molar-refractivity contribution in [2.45, 2.75) is 0 Å². The van der Waals surface area contributed by atoms with Gasteiger partial charge in [0.25, 0.3) is 0 Å². The molecule has 0 fully saturated rings. The van der Waals surface area contributed by atoms with E-state index in [4.69, 9.17) is 0 Å². The van der Waals surface area contributed by atoms with Crippen molar-refractivity contribution in [3.05, 3.63) is 273 Å². The standard InChI is InChI=1S/3C18H15Si.O.V/c3*1-4-10-16(11-5-1)19(17-12-6-2-7-13-17)18-14-8-3-9-15-18;;/h3*1-15H;;/q;;;-2;+2. The van der Waals surface area contributed by atoms with Crippen LogP contribution in [-0.4, -0.2) is 26.4 Å². The molecule has 5 heteroatoms. The molecule has 0 N–H and O–H groups in total. The van der Waals surface area contributed by atoms with Crippen molar-refractivity contribution in [3.63, 3.8) is 0 Å². The van der Waals surface area contributed by atoms with Crippen LogP contribution in [0, 0.1) is 0 Å². The Balaban J connectivity index is 0.000000165. The molecule has 9 aromatic carbocycles. The first-order chi connectivity index (χ1) is 28.3. The van der Waals surface area contributed by atoms with Crippen LogP contribution in [0.4, 0.5) is 0 Å². The van der Waals surface area contributed by atoms with E-state index < -0.39 is 26.4 Å². The summed E-state index contributed by atoms with van der Waals surface area (Å²) < 4.78 is 0. The van der Waals surface area contributed by atoms with E-state index in [1.165, 1.54) is 46.7 Å². The molecule has 0 heterocycles. The molecule has 284 valence electrons. The minimum absolute atomic E-state index is 0. The van der Waals surface area contributed by atoms with Crippen molar-refractivity contribution < 1.29 is 24.0 Å². The number of hydrogen-bond donors (Lipinski definition) is 0. The molecule has 0 bridgehead atoms. The number of hydrogen-bond acceptors (Lipinski definition) is 0. The fourth-order valence-corrected chi connectivity index (χ4v) is 14.7. The van der Waals surface area contributed by atoms with E-state index in [1.807, 2.05) is 0 Å². The van der Waals surface area contributed by atoms with Crippen LogP contribution in [0.15, 0.2) is 273 Å². The Morgan fingerprint density at radius 2 is 0.237 bits per heavy atom. The van der Waals surface area contributed by atoms with Crippen LogP contribution in [0.25, 0.3) is 0 Å². The van der Waals surface area contributed by atoms with Crippen molar-refractivity contribution in [3.8, 4) is 0 Å². The molecule has 0 aromatic heterocycles. The maximum atomic E-state index is 2.24. The Labute approximate surface area is 367 Å². The number of rotatable bonds is 9. The summed E-state index contributed by atoms with van der Waals surface area (Å²) in [5.74, 6) is 0. The molecule has 1 nitrogen and oxygen atoms in total. The molecular formula is C54H45OSi3V. The second-order valence-corrected chi connectivity index (χ2v) is 20.9. The molecule has 0 aliphatic rings. The third-order valence-electron chi connectivity index (χ3n) is 9.56. The van der Waals surface area contributed by atoms with Crippen molar-refractivity contribution in [1.82, 2.24) is 0 Å². The zero-order valence-corrected chi connectivity index (χ0v) is 37.2. The van der Waals surface area contributed by atoms with Gasteiger partial charge >= 0.3 is 18.6 Å². The maximum Gasteiger partial charge on any atom is 2.00 e. The SMILES string of the molecule is [O-2].[V+2].c1ccc([Si](c2ccccc2)c2ccccc2)cc1.c1ccc([Si](c2ccccc2)c2ccccc2)cc1.c1ccc([Si](c2ccccc2)c2ccccc2)cc1. The molecule has 59 heavy (non-hydrogen) atoms. The van der Waals surface area contributed by atoms with Gasteiger partial charge in [0.2, 0.25) is 0 Å². The summed E-state index contributed by atoms with van der Waals surface area (Å²) in [4.78, 5) is 0. The van der Waals surface area contributed by atoms with Gasteiger partial charge in [-0.2, -0.15) is 0 Å². The third-order valence-corrected chi connectivity index (χ3v) is 17.8. The van der Waals surface area contributed by atoms with E-state index in [2.05, 4.69) is 273 Å². The number of benzene rings is 9. The van der Waals surface area contributed by atoms with Crippen molar-refractivity contribution >= 4 is 73.1 Å². The first kappa shape index (κ1) is 44.3. The molecular weight excluding hydrogens is 800 g/mol. The molecule has 0 spiro atoms. The summed E-state index contributed by atoms with van der Waals surface area (Å²) >= 11 is 0. The molecule has 0 atom stereocenters. The van der Waals surface area contributed by atoms with Gasteiger partial charge in [-0.05, 0) is 0 Å². The van der Waals surface area contributed by atoms with Gasteiger partial charge in [0.1, 0.15) is 0 Å². The molecule has 4 radical (unpaired) electrons. The predicted molar refractivity (Wildman–Crippen MR) is 253 cm³/mol. The van der Waals surface area contributed by atoms with E-state index in [0.29, 0.717) is 0 Å². The van der Waals surface area contributed by atoms with Crippen LogP contribution in [0.2, 0.25) is 0 Å². The minimum atomic E-state index is -0.877. The van der Waals surface area contributed by atoms with Gasteiger partial charge in [0, 0.05) is 0 Å². The molecule has 0 amide bonds. The van der Waals surface area contributed by atoms with E-state index in [9.17, 15) is 0 Å². The molecule has 0 aliphatic carbocycles. The zero-order valence-electron chi connectivity index (χ0n) is 32.8. The summed E-state index contributed by atoms with van der Waals surface area (Å²) in [7, 11) is -2.63.